The maximum Gasteiger partial charge on any atom is 0.309 e. The fourth-order valence-electron chi connectivity index (χ4n) is 6.87. The zero-order chi connectivity index (χ0) is 16.6. The third-order valence-corrected chi connectivity index (χ3v) is 7.97. The van der Waals surface area contributed by atoms with E-state index in [-0.39, 0.29) is 22.7 Å². The average Bonchev–Trinajstić information content (AvgIpc) is 2.75. The Morgan fingerprint density at radius 1 is 1.30 bits per heavy atom. The van der Waals surface area contributed by atoms with E-state index in [1.165, 1.54) is 11.1 Å². The monoisotopic (exact) mass is 316 g/mol. The molecule has 0 heterocycles. The van der Waals surface area contributed by atoms with Gasteiger partial charge in [0.15, 0.2) is 0 Å². The van der Waals surface area contributed by atoms with E-state index in [1.807, 2.05) is 6.92 Å². The lowest BCUT2D eigenvalue weighted by molar-refractivity contribution is -0.161. The number of allylic oxidation sites excluding steroid dienone is 1. The molecule has 4 aliphatic rings. The summed E-state index contributed by atoms with van der Waals surface area (Å²) in [6, 6.07) is 0. The molecular weight excluding hydrogens is 288 g/mol. The number of carboxylic acid groups (broad SMARTS) is 1. The number of carbonyl (C=O) groups is 1. The summed E-state index contributed by atoms with van der Waals surface area (Å²) in [7, 11) is 0. The normalized spacial score (nSPS) is 51.7. The van der Waals surface area contributed by atoms with E-state index in [1.54, 1.807) is 0 Å². The van der Waals surface area contributed by atoms with Crippen LogP contribution in [0.3, 0.4) is 0 Å². The van der Waals surface area contributed by atoms with Gasteiger partial charge in [0.05, 0.1) is 11.5 Å². The van der Waals surface area contributed by atoms with Crippen LogP contribution in [0.15, 0.2) is 23.8 Å². The van der Waals surface area contributed by atoms with Gasteiger partial charge >= 0.3 is 5.97 Å². The van der Waals surface area contributed by atoms with Crippen molar-refractivity contribution >= 4 is 5.97 Å². The lowest BCUT2D eigenvalue weighted by Gasteiger charge is -2.60. The molecule has 0 amide bonds. The van der Waals surface area contributed by atoms with Gasteiger partial charge in [0.25, 0.3) is 0 Å². The van der Waals surface area contributed by atoms with E-state index in [9.17, 15) is 15.0 Å². The van der Waals surface area contributed by atoms with Gasteiger partial charge in [-0.15, -0.1) is 0 Å². The first kappa shape index (κ1) is 15.4. The second-order valence-corrected chi connectivity index (χ2v) is 9.08. The van der Waals surface area contributed by atoms with E-state index >= 15 is 0 Å². The third-order valence-electron chi connectivity index (χ3n) is 7.97. The van der Waals surface area contributed by atoms with E-state index in [2.05, 4.69) is 19.6 Å². The zero-order valence-electron chi connectivity index (χ0n) is 14.3. The molecule has 0 aromatic carbocycles. The highest BCUT2D eigenvalue weighted by atomic mass is 16.4. The molecule has 1 spiro atoms. The molecule has 3 nitrogen and oxygen atoms in total. The van der Waals surface area contributed by atoms with Crippen molar-refractivity contribution in [3.63, 3.8) is 0 Å². The van der Waals surface area contributed by atoms with Gasteiger partial charge in [0.2, 0.25) is 0 Å². The lowest BCUT2D eigenvalue weighted by atomic mass is 9.44. The van der Waals surface area contributed by atoms with Crippen LogP contribution in [0.25, 0.3) is 0 Å². The van der Waals surface area contributed by atoms with Crippen LogP contribution in [0.4, 0.5) is 0 Å². The van der Waals surface area contributed by atoms with Gasteiger partial charge in [-0.1, -0.05) is 37.1 Å². The largest absolute Gasteiger partial charge is 0.481 e. The van der Waals surface area contributed by atoms with E-state index in [0.29, 0.717) is 0 Å². The third kappa shape index (κ3) is 1.77. The maximum atomic E-state index is 12.0. The van der Waals surface area contributed by atoms with Crippen molar-refractivity contribution in [2.24, 2.45) is 28.1 Å². The molecule has 0 radical (unpaired) electrons. The minimum Gasteiger partial charge on any atom is -0.481 e. The standard InChI is InChI=1S/C20H28O3/c1-12-10-20-8-5-15-18(2,6-4-7-19(15,3)17(22)23)16(20)9-14(21)13(12)11-20/h9,13-15,21H,1,4-8,10-11H2,2-3H3,(H,22,23). The second kappa shape index (κ2) is 4.50. The summed E-state index contributed by atoms with van der Waals surface area (Å²) in [4.78, 5) is 12.0. The molecule has 6 atom stereocenters. The van der Waals surface area contributed by atoms with Gasteiger partial charge in [-0.25, -0.2) is 0 Å². The molecule has 6 unspecified atom stereocenters. The first-order valence-corrected chi connectivity index (χ1v) is 9.05. The first-order valence-electron chi connectivity index (χ1n) is 9.05. The minimum atomic E-state index is -0.643. The van der Waals surface area contributed by atoms with Gasteiger partial charge in [-0.05, 0) is 62.2 Å². The summed E-state index contributed by atoms with van der Waals surface area (Å²) in [6.07, 6.45) is 8.53. The van der Waals surface area contributed by atoms with Gasteiger partial charge < -0.3 is 10.2 Å². The predicted molar refractivity (Wildman–Crippen MR) is 88.8 cm³/mol. The Labute approximate surface area is 138 Å². The number of rotatable bonds is 1. The Balaban J connectivity index is 1.83. The molecule has 2 bridgehead atoms. The van der Waals surface area contributed by atoms with Gasteiger partial charge in [0, 0.05) is 5.92 Å². The smallest absolute Gasteiger partial charge is 0.309 e. The average molecular weight is 316 g/mol. The van der Waals surface area contributed by atoms with Crippen LogP contribution in [-0.2, 0) is 4.79 Å². The molecule has 0 aromatic heterocycles. The SMILES string of the molecule is C=C1CC23CCC4C(C)(C(=O)O)CCCC4(C)C2=CC(O)C1C3. The Bertz CT molecular complexity index is 620. The Morgan fingerprint density at radius 2 is 2.04 bits per heavy atom. The van der Waals surface area contributed by atoms with Crippen molar-refractivity contribution < 1.29 is 15.0 Å². The van der Waals surface area contributed by atoms with Crippen LogP contribution >= 0.6 is 0 Å². The molecule has 3 heteroatoms. The molecule has 0 aromatic rings. The van der Waals surface area contributed by atoms with Crippen LogP contribution in [0.2, 0.25) is 0 Å². The molecule has 0 aliphatic heterocycles. The Morgan fingerprint density at radius 3 is 2.74 bits per heavy atom. The number of fused-ring (bicyclic) bond motifs is 3. The molecule has 4 aliphatic carbocycles. The van der Waals surface area contributed by atoms with Crippen molar-refractivity contribution in [1.29, 1.82) is 0 Å². The first-order chi connectivity index (χ1) is 10.7. The summed E-state index contributed by atoms with van der Waals surface area (Å²) in [6.45, 7) is 8.46. The van der Waals surface area contributed by atoms with Gasteiger partial charge in [-0.2, -0.15) is 0 Å². The zero-order valence-corrected chi connectivity index (χ0v) is 14.3. The molecule has 3 fully saturated rings. The Kier molecular flexibility index (Phi) is 3.02. The van der Waals surface area contributed by atoms with Crippen LogP contribution in [0, 0.1) is 28.1 Å². The summed E-state index contributed by atoms with van der Waals surface area (Å²) in [5.74, 6) is -0.251. The van der Waals surface area contributed by atoms with Crippen molar-refractivity contribution in [3.05, 3.63) is 23.8 Å². The number of hydrogen-bond acceptors (Lipinski definition) is 2. The highest BCUT2D eigenvalue weighted by Gasteiger charge is 2.63. The topological polar surface area (TPSA) is 57.5 Å². The number of aliphatic hydroxyl groups excluding tert-OH is 1. The number of aliphatic carboxylic acids is 1. The van der Waals surface area contributed by atoms with Crippen LogP contribution in [0.1, 0.15) is 58.8 Å². The van der Waals surface area contributed by atoms with E-state index < -0.39 is 17.5 Å². The van der Waals surface area contributed by atoms with Crippen molar-refractivity contribution in [3.8, 4) is 0 Å². The molecule has 2 N–H and O–H groups in total. The van der Waals surface area contributed by atoms with Crippen LogP contribution in [-0.4, -0.2) is 22.3 Å². The molecule has 126 valence electrons. The molecule has 3 saturated carbocycles. The quantitative estimate of drug-likeness (QED) is 0.721. The fourth-order valence-corrected chi connectivity index (χ4v) is 6.87. The van der Waals surface area contributed by atoms with Gasteiger partial charge in [0.1, 0.15) is 0 Å². The predicted octanol–water partition coefficient (Wildman–Crippen LogP) is 3.93. The molecule has 23 heavy (non-hydrogen) atoms. The second-order valence-electron chi connectivity index (χ2n) is 9.08. The van der Waals surface area contributed by atoms with Crippen molar-refractivity contribution in [1.82, 2.24) is 0 Å². The highest BCUT2D eigenvalue weighted by molar-refractivity contribution is 5.75. The number of carboxylic acids is 1. The van der Waals surface area contributed by atoms with E-state index in [0.717, 1.165) is 44.9 Å². The van der Waals surface area contributed by atoms with Crippen molar-refractivity contribution in [2.75, 3.05) is 0 Å². The van der Waals surface area contributed by atoms with Crippen molar-refractivity contribution in [2.45, 2.75) is 64.9 Å². The van der Waals surface area contributed by atoms with Crippen LogP contribution in [0.5, 0.6) is 0 Å². The van der Waals surface area contributed by atoms with Gasteiger partial charge in [-0.3, -0.25) is 4.79 Å². The summed E-state index contributed by atoms with van der Waals surface area (Å²) >= 11 is 0. The Hall–Kier alpha value is -1.09. The van der Waals surface area contributed by atoms with E-state index in [4.69, 9.17) is 0 Å². The molecular formula is C20H28O3. The number of aliphatic hydroxyl groups is 1. The highest BCUT2D eigenvalue weighted by Crippen LogP contribution is 2.70. The molecule has 4 rings (SSSR count). The summed E-state index contributed by atoms with van der Waals surface area (Å²) < 4.78 is 0. The maximum absolute atomic E-state index is 12.0. The van der Waals surface area contributed by atoms with Crippen LogP contribution < -0.4 is 0 Å². The summed E-state index contributed by atoms with van der Waals surface area (Å²) in [5, 5.41) is 20.5. The molecule has 0 saturated heterocycles. The minimum absolute atomic E-state index is 0.0831. The number of hydrogen-bond donors (Lipinski definition) is 2. The summed E-state index contributed by atoms with van der Waals surface area (Å²) in [5.41, 5.74) is 2.01. The lowest BCUT2D eigenvalue weighted by Crippen LogP contribution is -2.54. The fraction of sp³-hybridized carbons (Fsp3) is 0.750.